The SMILES string of the molecule is COc1nccnc1OC1CCN(C(=O)c2cc(Br)ccc2Cl)C1. The Kier molecular flexibility index (Phi) is 5.20. The molecule has 1 fully saturated rings. The zero-order chi connectivity index (χ0) is 17.1. The predicted octanol–water partition coefficient (Wildman–Crippen LogP) is 3.19. The molecule has 2 aromatic rings. The summed E-state index contributed by atoms with van der Waals surface area (Å²) in [6.45, 7) is 1.05. The number of methoxy groups -OCH3 is 1. The maximum absolute atomic E-state index is 12.7. The third kappa shape index (κ3) is 3.62. The van der Waals surface area contributed by atoms with Crippen molar-refractivity contribution in [2.24, 2.45) is 0 Å². The second-order valence-corrected chi connectivity index (χ2v) is 6.60. The van der Waals surface area contributed by atoms with Crippen LogP contribution in [0.4, 0.5) is 0 Å². The summed E-state index contributed by atoms with van der Waals surface area (Å²) >= 11 is 9.50. The first-order valence-electron chi connectivity index (χ1n) is 7.34. The van der Waals surface area contributed by atoms with Gasteiger partial charge in [-0.3, -0.25) is 4.79 Å². The Morgan fingerprint density at radius 3 is 2.83 bits per heavy atom. The Morgan fingerprint density at radius 1 is 1.33 bits per heavy atom. The normalized spacial score (nSPS) is 17.0. The van der Waals surface area contributed by atoms with E-state index < -0.39 is 0 Å². The molecule has 1 saturated heterocycles. The van der Waals surface area contributed by atoms with Crippen LogP contribution >= 0.6 is 27.5 Å². The first kappa shape index (κ1) is 17.0. The number of amides is 1. The van der Waals surface area contributed by atoms with E-state index in [4.69, 9.17) is 21.1 Å². The van der Waals surface area contributed by atoms with E-state index in [-0.39, 0.29) is 12.0 Å². The van der Waals surface area contributed by atoms with Crippen LogP contribution in [0.15, 0.2) is 35.1 Å². The van der Waals surface area contributed by atoms with Crippen molar-refractivity contribution in [2.75, 3.05) is 20.2 Å². The highest BCUT2D eigenvalue weighted by atomic mass is 79.9. The van der Waals surface area contributed by atoms with Gasteiger partial charge in [0.05, 0.1) is 24.2 Å². The topological polar surface area (TPSA) is 64.6 Å². The molecule has 0 aliphatic carbocycles. The highest BCUT2D eigenvalue weighted by molar-refractivity contribution is 9.10. The standard InChI is InChI=1S/C16H15BrClN3O3/c1-23-14-15(20-6-5-19-14)24-11-4-7-21(9-11)16(22)12-8-10(17)2-3-13(12)18/h2-3,5-6,8,11H,4,7,9H2,1H3. The van der Waals surface area contributed by atoms with Gasteiger partial charge in [0.2, 0.25) is 0 Å². The van der Waals surface area contributed by atoms with Gasteiger partial charge < -0.3 is 14.4 Å². The van der Waals surface area contributed by atoms with Crippen molar-refractivity contribution < 1.29 is 14.3 Å². The lowest BCUT2D eigenvalue weighted by Crippen LogP contribution is -2.31. The van der Waals surface area contributed by atoms with Crippen molar-refractivity contribution >= 4 is 33.4 Å². The predicted molar refractivity (Wildman–Crippen MR) is 92.7 cm³/mol. The molecule has 1 unspecified atom stereocenters. The Labute approximate surface area is 152 Å². The van der Waals surface area contributed by atoms with Crippen molar-refractivity contribution in [1.82, 2.24) is 14.9 Å². The number of halogens is 2. The van der Waals surface area contributed by atoms with Gasteiger partial charge in [-0.2, -0.15) is 0 Å². The molecule has 1 amide bonds. The van der Waals surface area contributed by atoms with Crippen LogP contribution in [-0.2, 0) is 0 Å². The van der Waals surface area contributed by atoms with Gasteiger partial charge in [-0.25, -0.2) is 9.97 Å². The Balaban J connectivity index is 1.69. The van der Waals surface area contributed by atoms with Gasteiger partial charge in [0.15, 0.2) is 0 Å². The lowest BCUT2D eigenvalue weighted by Gasteiger charge is -2.18. The highest BCUT2D eigenvalue weighted by Crippen LogP contribution is 2.27. The molecule has 0 N–H and O–H groups in total. The van der Waals surface area contributed by atoms with Crippen molar-refractivity contribution in [1.29, 1.82) is 0 Å². The van der Waals surface area contributed by atoms with Crippen LogP contribution in [0.1, 0.15) is 16.8 Å². The zero-order valence-corrected chi connectivity index (χ0v) is 15.2. The van der Waals surface area contributed by atoms with Gasteiger partial charge >= 0.3 is 0 Å². The number of likely N-dealkylation sites (tertiary alicyclic amines) is 1. The van der Waals surface area contributed by atoms with Crippen LogP contribution in [0, 0.1) is 0 Å². The minimum atomic E-state index is -0.162. The Hall–Kier alpha value is -1.86. The molecule has 1 atom stereocenters. The highest BCUT2D eigenvalue weighted by Gasteiger charge is 2.30. The van der Waals surface area contributed by atoms with E-state index in [2.05, 4.69) is 25.9 Å². The molecule has 0 radical (unpaired) electrons. The quantitative estimate of drug-likeness (QED) is 0.771. The summed E-state index contributed by atoms with van der Waals surface area (Å²) in [6, 6.07) is 5.23. The lowest BCUT2D eigenvalue weighted by molar-refractivity contribution is 0.0770. The molecule has 0 bridgehead atoms. The molecule has 1 aliphatic heterocycles. The van der Waals surface area contributed by atoms with E-state index in [1.807, 2.05) is 0 Å². The molecule has 6 nitrogen and oxygen atoms in total. The number of hydrogen-bond acceptors (Lipinski definition) is 5. The summed E-state index contributed by atoms with van der Waals surface area (Å²) in [7, 11) is 1.51. The monoisotopic (exact) mass is 411 g/mol. The molecule has 1 aromatic carbocycles. The molecule has 0 saturated carbocycles. The van der Waals surface area contributed by atoms with E-state index in [0.717, 1.165) is 4.47 Å². The molecule has 24 heavy (non-hydrogen) atoms. The minimum absolute atomic E-state index is 0.112. The fourth-order valence-electron chi connectivity index (χ4n) is 2.53. The van der Waals surface area contributed by atoms with Crippen molar-refractivity contribution in [2.45, 2.75) is 12.5 Å². The van der Waals surface area contributed by atoms with Crippen LogP contribution in [0.2, 0.25) is 5.02 Å². The van der Waals surface area contributed by atoms with Gasteiger partial charge in [0.1, 0.15) is 6.10 Å². The summed E-state index contributed by atoms with van der Waals surface area (Å²) < 4.78 is 11.8. The molecular formula is C16H15BrClN3O3. The number of aromatic nitrogens is 2. The second-order valence-electron chi connectivity index (χ2n) is 5.27. The number of nitrogens with zero attached hydrogens (tertiary/aromatic N) is 3. The maximum Gasteiger partial charge on any atom is 0.278 e. The number of hydrogen-bond donors (Lipinski definition) is 0. The van der Waals surface area contributed by atoms with E-state index >= 15 is 0 Å². The molecule has 3 rings (SSSR count). The van der Waals surface area contributed by atoms with Crippen LogP contribution in [-0.4, -0.2) is 47.1 Å². The second kappa shape index (κ2) is 7.36. The van der Waals surface area contributed by atoms with Crippen molar-refractivity contribution in [3.63, 3.8) is 0 Å². The Morgan fingerprint density at radius 2 is 2.08 bits per heavy atom. The van der Waals surface area contributed by atoms with Crippen molar-refractivity contribution in [3.8, 4) is 11.8 Å². The van der Waals surface area contributed by atoms with Crippen LogP contribution in [0.5, 0.6) is 11.8 Å². The number of benzene rings is 1. The van der Waals surface area contributed by atoms with Crippen molar-refractivity contribution in [3.05, 3.63) is 45.7 Å². The van der Waals surface area contributed by atoms with Gasteiger partial charge in [-0.05, 0) is 18.2 Å². The Bertz CT molecular complexity index is 759. The first-order chi connectivity index (χ1) is 11.6. The number of ether oxygens (including phenoxy) is 2. The average molecular weight is 413 g/mol. The van der Waals surface area contributed by atoms with E-state index in [9.17, 15) is 4.79 Å². The first-order valence-corrected chi connectivity index (χ1v) is 8.51. The fourth-order valence-corrected chi connectivity index (χ4v) is 3.09. The third-order valence-electron chi connectivity index (χ3n) is 3.70. The molecule has 1 aliphatic rings. The van der Waals surface area contributed by atoms with Gasteiger partial charge in [-0.1, -0.05) is 27.5 Å². The molecule has 0 spiro atoms. The van der Waals surface area contributed by atoms with Gasteiger partial charge in [0, 0.05) is 29.8 Å². The van der Waals surface area contributed by atoms with Crippen LogP contribution < -0.4 is 9.47 Å². The average Bonchev–Trinajstić information content (AvgIpc) is 3.05. The van der Waals surface area contributed by atoms with E-state index in [1.165, 1.54) is 19.5 Å². The summed E-state index contributed by atoms with van der Waals surface area (Å²) in [6.07, 6.45) is 3.62. The smallest absolute Gasteiger partial charge is 0.278 e. The van der Waals surface area contributed by atoms with E-state index in [0.29, 0.717) is 41.9 Å². The number of rotatable bonds is 4. The zero-order valence-electron chi connectivity index (χ0n) is 12.9. The molecular weight excluding hydrogens is 398 g/mol. The minimum Gasteiger partial charge on any atom is -0.477 e. The van der Waals surface area contributed by atoms with E-state index in [1.54, 1.807) is 23.1 Å². The molecule has 8 heteroatoms. The van der Waals surface area contributed by atoms with Gasteiger partial charge in [0.25, 0.3) is 17.7 Å². The lowest BCUT2D eigenvalue weighted by atomic mass is 10.2. The molecule has 126 valence electrons. The molecule has 1 aromatic heterocycles. The third-order valence-corrected chi connectivity index (χ3v) is 4.52. The molecule has 2 heterocycles. The van der Waals surface area contributed by atoms with Gasteiger partial charge in [-0.15, -0.1) is 0 Å². The summed E-state index contributed by atoms with van der Waals surface area (Å²) in [5, 5.41) is 0.433. The number of carbonyl (C=O) groups excluding carboxylic acids is 1. The summed E-state index contributed by atoms with van der Waals surface area (Å²) in [5.74, 6) is 0.551. The maximum atomic E-state index is 12.7. The van der Waals surface area contributed by atoms with Crippen LogP contribution in [0.25, 0.3) is 0 Å². The number of carbonyl (C=O) groups is 1. The summed E-state index contributed by atoms with van der Waals surface area (Å²) in [5.41, 5.74) is 0.476. The summed E-state index contributed by atoms with van der Waals surface area (Å²) in [4.78, 5) is 22.6. The largest absolute Gasteiger partial charge is 0.477 e. The van der Waals surface area contributed by atoms with Crippen LogP contribution in [0.3, 0.4) is 0 Å². The fraction of sp³-hybridized carbons (Fsp3) is 0.312.